The first kappa shape index (κ1) is 14.6. The van der Waals surface area contributed by atoms with Crippen LogP contribution in [0.4, 0.5) is 4.79 Å². The Kier molecular flexibility index (Phi) is 3.40. The second-order valence-corrected chi connectivity index (χ2v) is 6.37. The van der Waals surface area contributed by atoms with Gasteiger partial charge in [-0.2, -0.15) is 0 Å². The predicted molar refractivity (Wildman–Crippen MR) is 76.6 cm³/mol. The number of ether oxygens (including phenoxy) is 1. The minimum Gasteiger partial charge on any atom is -0.444 e. The first-order valence-corrected chi connectivity index (χ1v) is 6.81. The highest BCUT2D eigenvalue weighted by Crippen LogP contribution is 2.34. The summed E-state index contributed by atoms with van der Waals surface area (Å²) >= 11 is 0. The lowest BCUT2D eigenvalue weighted by Gasteiger charge is -2.27. The number of nitrogens with zero attached hydrogens (tertiary/aromatic N) is 2. The summed E-state index contributed by atoms with van der Waals surface area (Å²) in [7, 11) is 1.75. The van der Waals surface area contributed by atoms with Crippen LogP contribution < -0.4 is 5.56 Å². The summed E-state index contributed by atoms with van der Waals surface area (Å²) in [6.07, 6.45) is -0.340. The molecule has 1 aliphatic heterocycles. The molecule has 5 nitrogen and oxygen atoms in total. The van der Waals surface area contributed by atoms with Crippen molar-refractivity contribution in [2.75, 3.05) is 0 Å². The van der Waals surface area contributed by atoms with Gasteiger partial charge in [-0.1, -0.05) is 0 Å². The Labute approximate surface area is 119 Å². The van der Waals surface area contributed by atoms with Gasteiger partial charge in [0.25, 0.3) is 5.56 Å². The van der Waals surface area contributed by atoms with Crippen LogP contribution in [0, 0.1) is 6.92 Å². The molecule has 1 aromatic heterocycles. The summed E-state index contributed by atoms with van der Waals surface area (Å²) in [5, 5.41) is 0. The van der Waals surface area contributed by atoms with Crippen LogP contribution in [0.25, 0.3) is 0 Å². The van der Waals surface area contributed by atoms with Gasteiger partial charge in [-0.15, -0.1) is 0 Å². The quantitative estimate of drug-likeness (QED) is 0.732. The Hall–Kier alpha value is -1.78. The van der Waals surface area contributed by atoms with Gasteiger partial charge in [-0.3, -0.25) is 9.69 Å². The lowest BCUT2D eigenvalue weighted by atomic mass is 10.1. The summed E-state index contributed by atoms with van der Waals surface area (Å²) in [5.41, 5.74) is 2.32. The normalized spacial score (nSPS) is 18.1. The summed E-state index contributed by atoms with van der Waals surface area (Å²) in [4.78, 5) is 25.8. The van der Waals surface area contributed by atoms with Crippen LogP contribution in [0.15, 0.2) is 10.9 Å². The van der Waals surface area contributed by atoms with Gasteiger partial charge in [-0.25, -0.2) is 4.79 Å². The molecule has 0 aromatic carbocycles. The van der Waals surface area contributed by atoms with E-state index < -0.39 is 5.60 Å². The third-order valence-electron chi connectivity index (χ3n) is 3.64. The van der Waals surface area contributed by atoms with E-state index >= 15 is 0 Å². The standard InChI is InChI=1S/C15H22N2O3/c1-9-7-12(18)16(6)13-10(2)17(8-11(9)13)14(19)20-15(3,4)5/h7,10H,8H2,1-6H3. The van der Waals surface area contributed by atoms with E-state index in [-0.39, 0.29) is 17.7 Å². The monoisotopic (exact) mass is 278 g/mol. The largest absolute Gasteiger partial charge is 0.444 e. The highest BCUT2D eigenvalue weighted by molar-refractivity contribution is 5.70. The van der Waals surface area contributed by atoms with Crippen LogP contribution in [-0.2, 0) is 18.3 Å². The summed E-state index contributed by atoms with van der Waals surface area (Å²) in [6.45, 7) is 9.87. The number of aryl methyl sites for hydroxylation is 1. The zero-order valence-corrected chi connectivity index (χ0v) is 13.0. The summed E-state index contributed by atoms with van der Waals surface area (Å²) in [5.74, 6) is 0. The van der Waals surface area contributed by atoms with Crippen molar-refractivity contribution in [3.63, 3.8) is 0 Å². The third-order valence-corrected chi connectivity index (χ3v) is 3.64. The van der Waals surface area contributed by atoms with E-state index in [2.05, 4.69) is 0 Å². The van der Waals surface area contributed by atoms with Gasteiger partial charge in [-0.05, 0) is 45.7 Å². The number of hydrogen-bond acceptors (Lipinski definition) is 3. The van der Waals surface area contributed by atoms with E-state index in [9.17, 15) is 9.59 Å². The lowest BCUT2D eigenvalue weighted by molar-refractivity contribution is 0.0184. The molecule has 1 amide bonds. The van der Waals surface area contributed by atoms with E-state index in [0.29, 0.717) is 6.54 Å². The Morgan fingerprint density at radius 3 is 2.55 bits per heavy atom. The number of aromatic nitrogens is 1. The average molecular weight is 278 g/mol. The van der Waals surface area contributed by atoms with E-state index in [0.717, 1.165) is 16.8 Å². The van der Waals surface area contributed by atoms with Crippen molar-refractivity contribution in [2.45, 2.75) is 52.8 Å². The Balaban J connectivity index is 2.37. The first-order chi connectivity index (χ1) is 9.11. The number of carbonyl (C=O) groups is 1. The second kappa shape index (κ2) is 4.65. The van der Waals surface area contributed by atoms with Crippen molar-refractivity contribution in [3.05, 3.63) is 33.2 Å². The smallest absolute Gasteiger partial charge is 0.411 e. The predicted octanol–water partition coefficient (Wildman–Crippen LogP) is 2.51. The third kappa shape index (κ3) is 2.44. The van der Waals surface area contributed by atoms with Gasteiger partial charge < -0.3 is 9.30 Å². The number of amides is 1. The minimum atomic E-state index is -0.521. The fourth-order valence-electron chi connectivity index (χ4n) is 2.63. The van der Waals surface area contributed by atoms with Crippen molar-refractivity contribution in [3.8, 4) is 0 Å². The van der Waals surface area contributed by atoms with Gasteiger partial charge in [0.1, 0.15) is 5.60 Å². The van der Waals surface area contributed by atoms with Crippen molar-refractivity contribution in [1.82, 2.24) is 9.47 Å². The maximum absolute atomic E-state index is 12.3. The fraction of sp³-hybridized carbons (Fsp3) is 0.600. The molecule has 2 heterocycles. The van der Waals surface area contributed by atoms with Crippen molar-refractivity contribution in [1.29, 1.82) is 0 Å². The number of rotatable bonds is 0. The molecule has 0 radical (unpaired) electrons. The minimum absolute atomic E-state index is 0.0425. The molecular formula is C15H22N2O3. The molecule has 20 heavy (non-hydrogen) atoms. The highest BCUT2D eigenvalue weighted by Gasteiger charge is 2.36. The van der Waals surface area contributed by atoms with Crippen LogP contribution in [0.3, 0.4) is 0 Å². The molecule has 1 aromatic rings. The molecule has 1 aliphatic rings. The fourth-order valence-corrected chi connectivity index (χ4v) is 2.63. The zero-order valence-electron chi connectivity index (χ0n) is 13.0. The molecule has 0 bridgehead atoms. The summed E-state index contributed by atoms with van der Waals surface area (Å²) in [6, 6.07) is 1.46. The highest BCUT2D eigenvalue weighted by atomic mass is 16.6. The zero-order chi connectivity index (χ0) is 15.2. The van der Waals surface area contributed by atoms with Crippen LogP contribution >= 0.6 is 0 Å². The molecule has 0 aliphatic carbocycles. The van der Waals surface area contributed by atoms with Gasteiger partial charge in [0, 0.05) is 18.8 Å². The van der Waals surface area contributed by atoms with Crippen LogP contribution in [-0.4, -0.2) is 21.2 Å². The molecule has 1 atom stereocenters. The molecule has 0 saturated heterocycles. The molecule has 2 rings (SSSR count). The number of hydrogen-bond donors (Lipinski definition) is 0. The van der Waals surface area contributed by atoms with E-state index in [1.165, 1.54) is 0 Å². The van der Waals surface area contributed by atoms with Crippen LogP contribution in [0.5, 0.6) is 0 Å². The Morgan fingerprint density at radius 1 is 1.40 bits per heavy atom. The molecule has 1 unspecified atom stereocenters. The Bertz CT molecular complexity index is 611. The van der Waals surface area contributed by atoms with Crippen LogP contribution in [0.2, 0.25) is 0 Å². The molecule has 0 saturated carbocycles. The molecule has 0 fully saturated rings. The van der Waals surface area contributed by atoms with Crippen LogP contribution in [0.1, 0.15) is 50.6 Å². The summed E-state index contributed by atoms with van der Waals surface area (Å²) < 4.78 is 7.06. The van der Waals surface area contributed by atoms with E-state index in [1.54, 1.807) is 22.6 Å². The van der Waals surface area contributed by atoms with Gasteiger partial charge in [0.2, 0.25) is 0 Å². The number of carbonyl (C=O) groups excluding carboxylic acids is 1. The van der Waals surface area contributed by atoms with Crippen molar-refractivity contribution in [2.24, 2.45) is 7.05 Å². The van der Waals surface area contributed by atoms with Gasteiger partial charge in [0.05, 0.1) is 12.6 Å². The van der Waals surface area contributed by atoms with Crippen molar-refractivity contribution < 1.29 is 9.53 Å². The molecule has 0 N–H and O–H groups in total. The molecule has 110 valence electrons. The SMILES string of the molecule is Cc1cc(=O)n(C)c2c1CN(C(=O)OC(C)(C)C)C2C. The second-order valence-electron chi connectivity index (χ2n) is 6.37. The lowest BCUT2D eigenvalue weighted by Crippen LogP contribution is -2.35. The topological polar surface area (TPSA) is 51.5 Å². The van der Waals surface area contributed by atoms with E-state index in [4.69, 9.17) is 4.74 Å². The van der Waals surface area contributed by atoms with Gasteiger partial charge in [0.15, 0.2) is 0 Å². The van der Waals surface area contributed by atoms with Gasteiger partial charge >= 0.3 is 6.09 Å². The average Bonchev–Trinajstić information content (AvgIpc) is 2.62. The Morgan fingerprint density at radius 2 is 2.00 bits per heavy atom. The molecule has 5 heteroatoms. The molecular weight excluding hydrogens is 256 g/mol. The molecule has 0 spiro atoms. The first-order valence-electron chi connectivity index (χ1n) is 6.81. The maximum atomic E-state index is 12.3. The maximum Gasteiger partial charge on any atom is 0.411 e. The number of pyridine rings is 1. The number of fused-ring (bicyclic) bond motifs is 1. The van der Waals surface area contributed by atoms with E-state index in [1.807, 2.05) is 34.6 Å². The van der Waals surface area contributed by atoms with Crippen molar-refractivity contribution >= 4 is 6.09 Å².